The van der Waals surface area contributed by atoms with E-state index < -0.39 is 5.91 Å². The van der Waals surface area contributed by atoms with E-state index in [1.54, 1.807) is 60.7 Å². The minimum absolute atomic E-state index is 0.00532. The number of rotatable bonds is 10. The van der Waals surface area contributed by atoms with Gasteiger partial charge in [0, 0.05) is 39.2 Å². The van der Waals surface area contributed by atoms with Crippen LogP contribution < -0.4 is 20.2 Å². The third kappa shape index (κ3) is 8.47. The third-order valence-electron chi connectivity index (χ3n) is 4.68. The molecule has 0 spiro atoms. The first-order valence-electron chi connectivity index (χ1n) is 10.5. The predicted molar refractivity (Wildman–Crippen MR) is 139 cm³/mol. The molecule has 10 heteroatoms. The number of nitrogens with zero attached hydrogens (tertiary/aromatic N) is 1. The van der Waals surface area contributed by atoms with E-state index in [0.29, 0.717) is 37.8 Å². The van der Waals surface area contributed by atoms with Crippen molar-refractivity contribution in [1.29, 1.82) is 0 Å². The molecule has 0 aromatic heterocycles. The Morgan fingerprint density at radius 1 is 0.914 bits per heavy atom. The minimum atomic E-state index is -0.394. The second-order valence-corrected chi connectivity index (χ2v) is 8.57. The molecule has 3 aromatic carbocycles. The van der Waals surface area contributed by atoms with Crippen molar-refractivity contribution >= 4 is 58.5 Å². The van der Waals surface area contributed by atoms with Crippen LogP contribution in [0.2, 0.25) is 15.1 Å². The van der Waals surface area contributed by atoms with Crippen LogP contribution in [0.15, 0.2) is 65.8 Å². The topological polar surface area (TPSA) is 89.0 Å². The number of halogens is 3. The van der Waals surface area contributed by atoms with Gasteiger partial charge in [0.1, 0.15) is 6.61 Å². The summed E-state index contributed by atoms with van der Waals surface area (Å²) in [4.78, 5) is 24.0. The standard InChI is InChI=1S/C25H22Cl3N3O4/c1-34-23-11-16(5-8-22(23)35-15-17-6-7-19(27)13-21(17)28)14-29-31-25(33)10-9-24(32)30-20-4-2-3-18(26)12-20/h2-8,11-14H,9-10,15H2,1H3,(H,30,32)(H,31,33). The van der Waals surface area contributed by atoms with Gasteiger partial charge in [-0.2, -0.15) is 5.10 Å². The van der Waals surface area contributed by atoms with Crippen molar-refractivity contribution in [3.8, 4) is 11.5 Å². The number of hydrazone groups is 1. The first-order chi connectivity index (χ1) is 16.8. The molecule has 0 fully saturated rings. The molecule has 3 rings (SSSR count). The lowest BCUT2D eigenvalue weighted by Crippen LogP contribution is -2.20. The molecule has 2 amide bonds. The maximum atomic E-state index is 12.0. The van der Waals surface area contributed by atoms with E-state index in [4.69, 9.17) is 44.3 Å². The fourth-order valence-electron chi connectivity index (χ4n) is 2.93. The van der Waals surface area contributed by atoms with Crippen LogP contribution in [0.5, 0.6) is 11.5 Å². The number of anilines is 1. The van der Waals surface area contributed by atoms with Crippen molar-refractivity contribution in [2.75, 3.05) is 12.4 Å². The van der Waals surface area contributed by atoms with Crippen molar-refractivity contribution in [3.05, 3.63) is 86.9 Å². The van der Waals surface area contributed by atoms with E-state index in [1.807, 2.05) is 0 Å². The average molecular weight is 535 g/mol. The Bertz CT molecular complexity index is 1230. The van der Waals surface area contributed by atoms with Crippen LogP contribution >= 0.6 is 34.8 Å². The Hall–Kier alpha value is -3.26. The summed E-state index contributed by atoms with van der Waals surface area (Å²) in [6.45, 7) is 0.237. The van der Waals surface area contributed by atoms with Gasteiger partial charge >= 0.3 is 0 Å². The molecule has 7 nitrogen and oxygen atoms in total. The summed E-state index contributed by atoms with van der Waals surface area (Å²) in [5.41, 5.74) is 4.43. The van der Waals surface area contributed by atoms with E-state index in [0.717, 1.165) is 5.56 Å². The molecule has 3 aromatic rings. The van der Waals surface area contributed by atoms with Gasteiger partial charge in [0.2, 0.25) is 11.8 Å². The quantitative estimate of drug-likeness (QED) is 0.243. The van der Waals surface area contributed by atoms with Gasteiger partial charge in [0.05, 0.1) is 13.3 Å². The highest BCUT2D eigenvalue weighted by Gasteiger charge is 2.09. The zero-order valence-corrected chi connectivity index (χ0v) is 21.0. The molecular weight excluding hydrogens is 513 g/mol. The van der Waals surface area contributed by atoms with E-state index in [1.165, 1.54) is 13.3 Å². The average Bonchev–Trinajstić information content (AvgIpc) is 2.82. The molecule has 0 saturated carbocycles. The molecule has 0 aliphatic carbocycles. The van der Waals surface area contributed by atoms with Gasteiger partial charge < -0.3 is 14.8 Å². The molecule has 0 aliphatic heterocycles. The molecule has 0 unspecified atom stereocenters. The summed E-state index contributed by atoms with van der Waals surface area (Å²) >= 11 is 18.0. The highest BCUT2D eigenvalue weighted by atomic mass is 35.5. The Labute approximate surface area is 218 Å². The number of methoxy groups -OCH3 is 1. The Kier molecular flexibility index (Phi) is 9.78. The van der Waals surface area contributed by atoms with Crippen molar-refractivity contribution in [1.82, 2.24) is 5.43 Å². The second-order valence-electron chi connectivity index (χ2n) is 7.29. The zero-order valence-electron chi connectivity index (χ0n) is 18.7. The van der Waals surface area contributed by atoms with Gasteiger partial charge in [-0.05, 0) is 54.1 Å². The Morgan fingerprint density at radius 3 is 2.43 bits per heavy atom. The maximum absolute atomic E-state index is 12.0. The summed E-state index contributed by atoms with van der Waals surface area (Å²) in [5.74, 6) is 0.314. The largest absolute Gasteiger partial charge is 0.493 e. The number of ether oxygens (including phenoxy) is 2. The van der Waals surface area contributed by atoms with Crippen LogP contribution in [-0.2, 0) is 16.2 Å². The molecule has 182 valence electrons. The van der Waals surface area contributed by atoms with Gasteiger partial charge in [0.25, 0.3) is 0 Å². The van der Waals surface area contributed by atoms with E-state index in [2.05, 4.69) is 15.8 Å². The van der Waals surface area contributed by atoms with Crippen LogP contribution in [-0.4, -0.2) is 25.1 Å². The lowest BCUT2D eigenvalue weighted by atomic mass is 10.2. The number of hydrogen-bond acceptors (Lipinski definition) is 5. The number of carbonyl (C=O) groups excluding carboxylic acids is 2. The number of amides is 2. The number of benzene rings is 3. The monoisotopic (exact) mass is 533 g/mol. The summed E-state index contributed by atoms with van der Waals surface area (Å²) in [5, 5.41) is 8.19. The highest BCUT2D eigenvalue weighted by Crippen LogP contribution is 2.29. The Morgan fingerprint density at radius 2 is 1.69 bits per heavy atom. The molecular formula is C25H22Cl3N3O4. The molecule has 0 atom stereocenters. The number of nitrogens with one attached hydrogen (secondary N) is 2. The molecule has 35 heavy (non-hydrogen) atoms. The molecule has 2 N–H and O–H groups in total. The first-order valence-corrected chi connectivity index (χ1v) is 11.6. The second kappa shape index (κ2) is 13.0. The van der Waals surface area contributed by atoms with Crippen molar-refractivity contribution in [2.45, 2.75) is 19.4 Å². The van der Waals surface area contributed by atoms with E-state index in [-0.39, 0.29) is 25.4 Å². The van der Waals surface area contributed by atoms with Crippen LogP contribution in [0.3, 0.4) is 0 Å². The summed E-state index contributed by atoms with van der Waals surface area (Å²) in [6.07, 6.45) is 1.45. The molecule has 0 aliphatic rings. The lowest BCUT2D eigenvalue weighted by Gasteiger charge is -2.12. The molecule has 0 saturated heterocycles. The summed E-state index contributed by atoms with van der Waals surface area (Å²) in [7, 11) is 1.52. The molecule has 0 radical (unpaired) electrons. The SMILES string of the molecule is COc1cc(C=NNC(=O)CCC(=O)Nc2cccc(Cl)c2)ccc1OCc1ccc(Cl)cc1Cl. The molecule has 0 heterocycles. The van der Waals surface area contributed by atoms with Crippen molar-refractivity contribution < 1.29 is 19.1 Å². The van der Waals surface area contributed by atoms with Gasteiger partial charge in [-0.15, -0.1) is 0 Å². The van der Waals surface area contributed by atoms with Gasteiger partial charge in [-0.1, -0.05) is 46.9 Å². The number of hydrogen-bond donors (Lipinski definition) is 2. The zero-order chi connectivity index (χ0) is 25.2. The Balaban J connectivity index is 1.48. The van der Waals surface area contributed by atoms with Crippen LogP contribution in [0.25, 0.3) is 0 Å². The minimum Gasteiger partial charge on any atom is -0.493 e. The first kappa shape index (κ1) is 26.3. The summed E-state index contributed by atoms with van der Waals surface area (Å²) < 4.78 is 11.2. The normalized spacial score (nSPS) is 10.7. The fraction of sp³-hybridized carbons (Fsp3) is 0.160. The van der Waals surface area contributed by atoms with E-state index in [9.17, 15) is 9.59 Å². The number of carbonyl (C=O) groups is 2. The van der Waals surface area contributed by atoms with Crippen molar-refractivity contribution in [3.63, 3.8) is 0 Å². The van der Waals surface area contributed by atoms with Crippen LogP contribution in [0.4, 0.5) is 5.69 Å². The van der Waals surface area contributed by atoms with Gasteiger partial charge in [-0.25, -0.2) is 5.43 Å². The predicted octanol–water partition coefficient (Wildman–Crippen LogP) is 6.10. The van der Waals surface area contributed by atoms with E-state index >= 15 is 0 Å². The lowest BCUT2D eigenvalue weighted by molar-refractivity contribution is -0.124. The van der Waals surface area contributed by atoms with Crippen LogP contribution in [0.1, 0.15) is 24.0 Å². The summed E-state index contributed by atoms with van der Waals surface area (Å²) in [6, 6.07) is 17.2. The van der Waals surface area contributed by atoms with Gasteiger partial charge in [0.15, 0.2) is 11.5 Å². The fourth-order valence-corrected chi connectivity index (χ4v) is 3.58. The third-order valence-corrected chi connectivity index (χ3v) is 5.50. The maximum Gasteiger partial charge on any atom is 0.240 e. The smallest absolute Gasteiger partial charge is 0.240 e. The molecule has 0 bridgehead atoms. The van der Waals surface area contributed by atoms with Crippen molar-refractivity contribution in [2.24, 2.45) is 5.10 Å². The highest BCUT2D eigenvalue weighted by molar-refractivity contribution is 6.35. The van der Waals surface area contributed by atoms with Crippen LogP contribution in [0, 0.1) is 0 Å². The van der Waals surface area contributed by atoms with Gasteiger partial charge in [-0.3, -0.25) is 9.59 Å².